The lowest BCUT2D eigenvalue weighted by Crippen LogP contribution is -2.49. The SMILES string of the molecule is CCOC(=O)N1CCN(c2cc(NCCO)c3c(c2N)C(=O)c2ccccc2C3=O)CC1. The van der Waals surface area contributed by atoms with Crippen LogP contribution in [0.2, 0.25) is 0 Å². The molecular weight excluding hydrogens is 412 g/mol. The second-order valence-electron chi connectivity index (χ2n) is 7.63. The number of aliphatic hydroxyl groups excluding tert-OH is 1. The van der Waals surface area contributed by atoms with Crippen LogP contribution in [0, 0.1) is 0 Å². The van der Waals surface area contributed by atoms with Gasteiger partial charge in [0, 0.05) is 49.5 Å². The van der Waals surface area contributed by atoms with Crippen molar-refractivity contribution in [3.05, 3.63) is 52.6 Å². The van der Waals surface area contributed by atoms with Crippen LogP contribution in [0.25, 0.3) is 0 Å². The van der Waals surface area contributed by atoms with Gasteiger partial charge >= 0.3 is 6.09 Å². The average molecular weight is 438 g/mol. The number of nitrogens with two attached hydrogens (primary N) is 1. The zero-order chi connectivity index (χ0) is 22.8. The van der Waals surface area contributed by atoms with E-state index in [2.05, 4.69) is 5.32 Å². The molecule has 32 heavy (non-hydrogen) atoms. The van der Waals surface area contributed by atoms with Crippen LogP contribution in [0.5, 0.6) is 0 Å². The van der Waals surface area contributed by atoms with Crippen LogP contribution in [0.4, 0.5) is 21.9 Å². The van der Waals surface area contributed by atoms with E-state index in [9.17, 15) is 19.5 Å². The number of aliphatic hydroxyl groups is 1. The predicted octanol–water partition coefficient (Wildman–Crippen LogP) is 1.73. The number of ketones is 2. The molecule has 0 saturated carbocycles. The van der Waals surface area contributed by atoms with Crippen LogP contribution < -0.4 is 16.0 Å². The summed E-state index contributed by atoms with van der Waals surface area (Å²) in [6.45, 7) is 4.06. The number of nitrogens with zero attached hydrogens (tertiary/aromatic N) is 2. The normalized spacial score (nSPS) is 15.3. The van der Waals surface area contributed by atoms with Gasteiger partial charge in [-0.15, -0.1) is 0 Å². The molecule has 2 aromatic rings. The molecule has 0 aromatic heterocycles. The highest BCUT2D eigenvalue weighted by Crippen LogP contribution is 2.41. The molecule has 2 aromatic carbocycles. The molecule has 9 nitrogen and oxygen atoms in total. The van der Waals surface area contributed by atoms with Crippen molar-refractivity contribution >= 4 is 34.7 Å². The summed E-state index contributed by atoms with van der Waals surface area (Å²) in [4.78, 5) is 42.3. The molecule has 1 fully saturated rings. The molecule has 1 amide bonds. The van der Waals surface area contributed by atoms with Gasteiger partial charge in [-0.3, -0.25) is 9.59 Å². The maximum Gasteiger partial charge on any atom is 0.409 e. The van der Waals surface area contributed by atoms with Crippen LogP contribution in [0.15, 0.2) is 30.3 Å². The van der Waals surface area contributed by atoms with E-state index in [4.69, 9.17) is 10.5 Å². The summed E-state index contributed by atoms with van der Waals surface area (Å²) in [5.41, 5.74) is 8.88. The molecule has 1 heterocycles. The van der Waals surface area contributed by atoms with Crippen molar-refractivity contribution in [3.8, 4) is 0 Å². The van der Waals surface area contributed by atoms with Crippen molar-refractivity contribution in [2.24, 2.45) is 0 Å². The summed E-state index contributed by atoms with van der Waals surface area (Å²) < 4.78 is 5.07. The predicted molar refractivity (Wildman–Crippen MR) is 121 cm³/mol. The van der Waals surface area contributed by atoms with Gasteiger partial charge in [0.1, 0.15) is 0 Å². The highest BCUT2D eigenvalue weighted by Gasteiger charge is 2.36. The zero-order valence-electron chi connectivity index (χ0n) is 17.9. The number of carbonyl (C=O) groups is 3. The van der Waals surface area contributed by atoms with Gasteiger partial charge in [0.2, 0.25) is 0 Å². The Morgan fingerprint density at radius 1 is 1.09 bits per heavy atom. The van der Waals surface area contributed by atoms with Crippen molar-refractivity contribution in [2.75, 3.05) is 61.9 Å². The first-order valence-corrected chi connectivity index (χ1v) is 10.6. The van der Waals surface area contributed by atoms with E-state index in [0.29, 0.717) is 55.3 Å². The Kier molecular flexibility index (Phi) is 6.00. The fourth-order valence-corrected chi connectivity index (χ4v) is 4.24. The third-order valence-corrected chi connectivity index (χ3v) is 5.79. The highest BCUT2D eigenvalue weighted by atomic mass is 16.6. The van der Waals surface area contributed by atoms with E-state index in [1.54, 1.807) is 42.2 Å². The Morgan fingerprint density at radius 3 is 2.31 bits per heavy atom. The van der Waals surface area contributed by atoms with E-state index in [1.165, 1.54) is 0 Å². The zero-order valence-corrected chi connectivity index (χ0v) is 17.9. The van der Waals surface area contributed by atoms with Crippen LogP contribution in [-0.4, -0.2) is 73.6 Å². The Balaban J connectivity index is 1.74. The van der Waals surface area contributed by atoms with E-state index < -0.39 is 0 Å². The summed E-state index contributed by atoms with van der Waals surface area (Å²) >= 11 is 0. The number of piperazine rings is 1. The first-order chi connectivity index (χ1) is 15.5. The molecule has 0 radical (unpaired) electrons. The Morgan fingerprint density at radius 2 is 1.72 bits per heavy atom. The number of fused-ring (bicyclic) bond motifs is 2. The Bertz CT molecular complexity index is 1080. The topological polar surface area (TPSA) is 125 Å². The van der Waals surface area contributed by atoms with Gasteiger partial charge in [-0.25, -0.2) is 4.79 Å². The smallest absolute Gasteiger partial charge is 0.409 e. The molecule has 1 saturated heterocycles. The van der Waals surface area contributed by atoms with Crippen LogP contribution in [0.3, 0.4) is 0 Å². The minimum absolute atomic E-state index is 0.134. The maximum atomic E-state index is 13.4. The molecule has 4 rings (SSSR count). The third-order valence-electron chi connectivity index (χ3n) is 5.79. The van der Waals surface area contributed by atoms with Crippen molar-refractivity contribution in [1.82, 2.24) is 4.90 Å². The lowest BCUT2D eigenvalue weighted by Gasteiger charge is -2.37. The summed E-state index contributed by atoms with van der Waals surface area (Å²) in [6.07, 6.45) is -0.353. The van der Waals surface area contributed by atoms with Gasteiger partial charge in [-0.1, -0.05) is 24.3 Å². The molecule has 0 spiro atoms. The number of benzene rings is 2. The van der Waals surface area contributed by atoms with E-state index in [1.807, 2.05) is 4.90 Å². The second kappa shape index (κ2) is 8.88. The van der Waals surface area contributed by atoms with Crippen LogP contribution >= 0.6 is 0 Å². The van der Waals surface area contributed by atoms with Crippen molar-refractivity contribution in [1.29, 1.82) is 0 Å². The number of carbonyl (C=O) groups excluding carboxylic acids is 3. The number of amides is 1. The Hall–Kier alpha value is -3.59. The number of anilines is 3. The van der Waals surface area contributed by atoms with Crippen LogP contribution in [0.1, 0.15) is 38.8 Å². The third kappa shape index (κ3) is 3.64. The number of hydrogen-bond donors (Lipinski definition) is 3. The summed E-state index contributed by atoms with van der Waals surface area (Å²) in [6, 6.07) is 8.45. The molecular formula is C23H26N4O5. The van der Waals surface area contributed by atoms with Crippen molar-refractivity contribution < 1.29 is 24.2 Å². The highest BCUT2D eigenvalue weighted by molar-refractivity contribution is 6.32. The monoisotopic (exact) mass is 438 g/mol. The quantitative estimate of drug-likeness (QED) is 0.515. The maximum absolute atomic E-state index is 13.4. The largest absolute Gasteiger partial charge is 0.450 e. The van der Waals surface area contributed by atoms with Gasteiger partial charge in [0.05, 0.1) is 35.7 Å². The molecule has 0 unspecified atom stereocenters. The van der Waals surface area contributed by atoms with E-state index in [0.717, 1.165) is 0 Å². The van der Waals surface area contributed by atoms with Crippen molar-refractivity contribution in [3.63, 3.8) is 0 Å². The lowest BCUT2D eigenvalue weighted by molar-refractivity contribution is 0.0980. The molecule has 0 bridgehead atoms. The van der Waals surface area contributed by atoms with Gasteiger partial charge in [-0.05, 0) is 13.0 Å². The number of nitrogen functional groups attached to an aromatic ring is 1. The Labute approximate surface area is 185 Å². The summed E-state index contributed by atoms with van der Waals surface area (Å²) in [5, 5.41) is 12.4. The van der Waals surface area contributed by atoms with Gasteiger partial charge in [0.15, 0.2) is 11.6 Å². The van der Waals surface area contributed by atoms with E-state index >= 15 is 0 Å². The van der Waals surface area contributed by atoms with Gasteiger partial charge in [0.25, 0.3) is 0 Å². The standard InChI is InChI=1S/C23H26N4O5/c1-2-32-23(31)27-10-8-26(9-11-27)17-13-16(25-7-12-28)18-19(20(17)24)22(30)15-6-4-3-5-14(15)21(18)29/h3-6,13,25,28H,2,7-12,24H2,1H3. The lowest BCUT2D eigenvalue weighted by atomic mass is 9.81. The average Bonchev–Trinajstić information content (AvgIpc) is 2.81. The summed E-state index contributed by atoms with van der Waals surface area (Å²) in [5.74, 6) is -0.576. The second-order valence-corrected chi connectivity index (χ2v) is 7.63. The minimum Gasteiger partial charge on any atom is -0.450 e. The van der Waals surface area contributed by atoms with Crippen LogP contribution in [-0.2, 0) is 4.74 Å². The molecule has 0 atom stereocenters. The molecule has 1 aliphatic heterocycles. The summed E-state index contributed by atoms with van der Waals surface area (Å²) in [7, 11) is 0. The minimum atomic E-state index is -0.353. The van der Waals surface area contributed by atoms with Gasteiger partial charge in [-0.2, -0.15) is 0 Å². The number of nitrogens with one attached hydrogen (secondary N) is 1. The fourth-order valence-electron chi connectivity index (χ4n) is 4.24. The van der Waals surface area contributed by atoms with E-state index in [-0.39, 0.29) is 47.6 Å². The molecule has 2 aliphatic rings. The number of ether oxygens (including phenoxy) is 1. The number of hydrogen-bond acceptors (Lipinski definition) is 8. The molecule has 4 N–H and O–H groups in total. The first-order valence-electron chi connectivity index (χ1n) is 10.6. The molecule has 9 heteroatoms. The molecule has 1 aliphatic carbocycles. The van der Waals surface area contributed by atoms with Gasteiger partial charge < -0.3 is 30.7 Å². The van der Waals surface area contributed by atoms with Crippen molar-refractivity contribution in [2.45, 2.75) is 6.92 Å². The molecule has 168 valence electrons. The first kappa shape index (κ1) is 21.6. The number of rotatable bonds is 5. The fraction of sp³-hybridized carbons (Fsp3) is 0.348.